The summed E-state index contributed by atoms with van der Waals surface area (Å²) in [6, 6.07) is 3.94. The lowest BCUT2D eigenvalue weighted by Crippen LogP contribution is -2.38. The van der Waals surface area contributed by atoms with Gasteiger partial charge in [0.25, 0.3) is 5.91 Å². The zero-order chi connectivity index (χ0) is 15.4. The van der Waals surface area contributed by atoms with Crippen molar-refractivity contribution in [3.05, 3.63) is 35.8 Å². The van der Waals surface area contributed by atoms with Crippen LogP contribution < -0.4 is 5.32 Å². The number of nitrogens with one attached hydrogen (secondary N) is 1. The van der Waals surface area contributed by atoms with Crippen LogP contribution in [0.2, 0.25) is 0 Å². The van der Waals surface area contributed by atoms with Crippen LogP contribution in [-0.2, 0) is 4.74 Å². The van der Waals surface area contributed by atoms with E-state index in [9.17, 15) is 4.79 Å². The number of pyridine rings is 1. The topological polar surface area (TPSA) is 58.9 Å². The molecule has 1 N–H and O–H groups in total. The Morgan fingerprint density at radius 2 is 2.23 bits per heavy atom. The molecule has 0 aliphatic carbocycles. The third kappa shape index (κ3) is 3.45. The van der Waals surface area contributed by atoms with Crippen molar-refractivity contribution in [3.8, 4) is 0 Å². The molecule has 1 aliphatic rings. The summed E-state index contributed by atoms with van der Waals surface area (Å²) in [4.78, 5) is 18.9. The molecular weight excluding hydrogens is 280 g/mol. The third-order valence-electron chi connectivity index (χ3n) is 3.95. The summed E-state index contributed by atoms with van der Waals surface area (Å²) in [5, 5.41) is 2.95. The van der Waals surface area contributed by atoms with E-state index in [0.717, 1.165) is 50.5 Å². The number of amides is 1. The summed E-state index contributed by atoms with van der Waals surface area (Å²) in [6.45, 7) is 7.25. The molecule has 1 fully saturated rings. The SMILES string of the molecule is Cc1cccn2cc(C(=O)NCCCN3CCOCC3)nc12. The molecule has 6 heteroatoms. The van der Waals surface area contributed by atoms with Crippen LogP contribution in [0, 0.1) is 6.92 Å². The number of morpholine rings is 1. The van der Waals surface area contributed by atoms with Gasteiger partial charge in [0.05, 0.1) is 13.2 Å². The normalized spacial score (nSPS) is 16.0. The first-order valence-corrected chi connectivity index (χ1v) is 7.76. The van der Waals surface area contributed by atoms with E-state index >= 15 is 0 Å². The van der Waals surface area contributed by atoms with Crippen molar-refractivity contribution in [2.75, 3.05) is 39.4 Å². The number of rotatable bonds is 5. The predicted molar refractivity (Wildman–Crippen MR) is 84.1 cm³/mol. The van der Waals surface area contributed by atoms with Gasteiger partial charge in [0.1, 0.15) is 11.3 Å². The van der Waals surface area contributed by atoms with Crippen LogP contribution in [0.4, 0.5) is 0 Å². The molecule has 118 valence electrons. The number of nitrogens with zero attached hydrogens (tertiary/aromatic N) is 3. The Kier molecular flexibility index (Phi) is 4.70. The molecule has 3 rings (SSSR count). The molecule has 0 atom stereocenters. The largest absolute Gasteiger partial charge is 0.379 e. The number of imidazole rings is 1. The number of hydrogen-bond acceptors (Lipinski definition) is 4. The molecule has 0 aromatic carbocycles. The molecule has 3 heterocycles. The van der Waals surface area contributed by atoms with E-state index < -0.39 is 0 Å². The number of aryl methyl sites for hydroxylation is 1. The van der Waals surface area contributed by atoms with Crippen molar-refractivity contribution in [2.45, 2.75) is 13.3 Å². The van der Waals surface area contributed by atoms with Crippen LogP contribution in [0.5, 0.6) is 0 Å². The minimum absolute atomic E-state index is 0.106. The van der Waals surface area contributed by atoms with Crippen LogP contribution in [-0.4, -0.2) is 59.6 Å². The fraction of sp³-hybridized carbons (Fsp3) is 0.500. The highest BCUT2D eigenvalue weighted by atomic mass is 16.5. The van der Waals surface area contributed by atoms with E-state index in [1.165, 1.54) is 0 Å². The minimum Gasteiger partial charge on any atom is -0.379 e. The van der Waals surface area contributed by atoms with Gasteiger partial charge in [-0.15, -0.1) is 0 Å². The standard InChI is InChI=1S/C16H22N4O2/c1-13-4-2-7-20-12-14(18-15(13)20)16(21)17-5-3-6-19-8-10-22-11-9-19/h2,4,7,12H,3,5-6,8-11H2,1H3,(H,17,21). The molecule has 0 bridgehead atoms. The Hall–Kier alpha value is -1.92. The summed E-state index contributed by atoms with van der Waals surface area (Å²) < 4.78 is 7.21. The minimum atomic E-state index is -0.106. The van der Waals surface area contributed by atoms with Gasteiger partial charge in [-0.2, -0.15) is 0 Å². The predicted octanol–water partition coefficient (Wildman–Crippen LogP) is 1.09. The second-order valence-electron chi connectivity index (χ2n) is 5.61. The maximum Gasteiger partial charge on any atom is 0.271 e. The van der Waals surface area contributed by atoms with Crippen LogP contribution in [0.15, 0.2) is 24.5 Å². The van der Waals surface area contributed by atoms with Crippen molar-refractivity contribution in [1.29, 1.82) is 0 Å². The Morgan fingerprint density at radius 1 is 1.41 bits per heavy atom. The number of ether oxygens (including phenoxy) is 1. The quantitative estimate of drug-likeness (QED) is 0.840. The maximum atomic E-state index is 12.2. The highest BCUT2D eigenvalue weighted by molar-refractivity contribution is 5.92. The van der Waals surface area contributed by atoms with Gasteiger partial charge in [-0.3, -0.25) is 9.69 Å². The Balaban J connectivity index is 1.49. The molecule has 0 unspecified atom stereocenters. The average molecular weight is 302 g/mol. The van der Waals surface area contributed by atoms with Crippen molar-refractivity contribution < 1.29 is 9.53 Å². The van der Waals surface area contributed by atoms with Gasteiger partial charge in [-0.1, -0.05) is 6.07 Å². The van der Waals surface area contributed by atoms with E-state index in [1.807, 2.05) is 29.7 Å². The zero-order valence-electron chi connectivity index (χ0n) is 12.9. The summed E-state index contributed by atoms with van der Waals surface area (Å²) >= 11 is 0. The number of carbonyl (C=O) groups excluding carboxylic acids is 1. The summed E-state index contributed by atoms with van der Waals surface area (Å²) in [5.41, 5.74) is 2.37. The van der Waals surface area contributed by atoms with Crippen molar-refractivity contribution in [3.63, 3.8) is 0 Å². The van der Waals surface area contributed by atoms with Crippen molar-refractivity contribution in [2.24, 2.45) is 0 Å². The van der Waals surface area contributed by atoms with Crippen molar-refractivity contribution >= 4 is 11.6 Å². The summed E-state index contributed by atoms with van der Waals surface area (Å²) in [6.07, 6.45) is 4.63. The molecule has 2 aromatic rings. The molecule has 0 spiro atoms. The molecule has 1 saturated heterocycles. The number of carbonyl (C=O) groups is 1. The van der Waals surface area contributed by atoms with Crippen molar-refractivity contribution in [1.82, 2.24) is 19.6 Å². The lowest BCUT2D eigenvalue weighted by atomic mass is 10.3. The van der Waals surface area contributed by atoms with E-state index in [-0.39, 0.29) is 5.91 Å². The molecular formula is C16H22N4O2. The number of hydrogen-bond donors (Lipinski definition) is 1. The van der Waals surface area contributed by atoms with Gasteiger partial charge in [0, 0.05) is 32.0 Å². The second-order valence-corrected chi connectivity index (χ2v) is 5.61. The van der Waals surface area contributed by atoms with E-state index in [4.69, 9.17) is 4.74 Å². The van der Waals surface area contributed by atoms with Crippen LogP contribution in [0.1, 0.15) is 22.5 Å². The van der Waals surface area contributed by atoms with E-state index in [0.29, 0.717) is 12.2 Å². The fourth-order valence-electron chi connectivity index (χ4n) is 2.68. The summed E-state index contributed by atoms with van der Waals surface area (Å²) in [5.74, 6) is -0.106. The first kappa shape index (κ1) is 15.0. The summed E-state index contributed by atoms with van der Waals surface area (Å²) in [7, 11) is 0. The van der Waals surface area contributed by atoms with Crippen LogP contribution in [0.3, 0.4) is 0 Å². The van der Waals surface area contributed by atoms with E-state index in [2.05, 4.69) is 15.2 Å². The number of aromatic nitrogens is 2. The molecule has 6 nitrogen and oxygen atoms in total. The molecule has 2 aromatic heterocycles. The van der Waals surface area contributed by atoms with Gasteiger partial charge < -0.3 is 14.5 Å². The molecule has 22 heavy (non-hydrogen) atoms. The van der Waals surface area contributed by atoms with Crippen LogP contribution >= 0.6 is 0 Å². The molecule has 1 amide bonds. The lowest BCUT2D eigenvalue weighted by molar-refractivity contribution is 0.0374. The number of fused-ring (bicyclic) bond motifs is 1. The van der Waals surface area contributed by atoms with Crippen LogP contribution in [0.25, 0.3) is 5.65 Å². The monoisotopic (exact) mass is 302 g/mol. The Labute approximate surface area is 130 Å². The smallest absolute Gasteiger partial charge is 0.271 e. The highest BCUT2D eigenvalue weighted by Gasteiger charge is 2.12. The van der Waals surface area contributed by atoms with E-state index in [1.54, 1.807) is 6.20 Å². The Morgan fingerprint density at radius 3 is 3.00 bits per heavy atom. The second kappa shape index (κ2) is 6.89. The first-order chi connectivity index (χ1) is 10.7. The van der Waals surface area contributed by atoms with Gasteiger partial charge in [-0.05, 0) is 31.5 Å². The lowest BCUT2D eigenvalue weighted by Gasteiger charge is -2.26. The maximum absolute atomic E-state index is 12.2. The molecule has 0 saturated carbocycles. The third-order valence-corrected chi connectivity index (χ3v) is 3.95. The Bertz CT molecular complexity index is 647. The van der Waals surface area contributed by atoms with Gasteiger partial charge in [0.2, 0.25) is 0 Å². The van der Waals surface area contributed by atoms with Gasteiger partial charge in [0.15, 0.2) is 0 Å². The zero-order valence-corrected chi connectivity index (χ0v) is 12.9. The highest BCUT2D eigenvalue weighted by Crippen LogP contribution is 2.09. The van der Waals surface area contributed by atoms with Gasteiger partial charge >= 0.3 is 0 Å². The fourth-order valence-corrected chi connectivity index (χ4v) is 2.68. The molecule has 0 radical (unpaired) electrons. The molecule has 1 aliphatic heterocycles. The average Bonchev–Trinajstić information content (AvgIpc) is 2.98. The first-order valence-electron chi connectivity index (χ1n) is 7.76. The van der Waals surface area contributed by atoms with Gasteiger partial charge in [-0.25, -0.2) is 4.98 Å².